The van der Waals surface area contributed by atoms with Gasteiger partial charge in [0, 0.05) is 11.9 Å². The molecule has 5 nitrogen and oxygen atoms in total. The number of rotatable bonds is 4. The first-order chi connectivity index (χ1) is 8.72. The molecule has 0 aliphatic heterocycles. The fraction of sp³-hybridized carbons (Fsp3) is 0.167. The van der Waals surface area contributed by atoms with Crippen LogP contribution >= 0.6 is 15.9 Å². The summed E-state index contributed by atoms with van der Waals surface area (Å²) in [4.78, 5) is 8.30. The molecule has 3 N–H and O–H groups in total. The van der Waals surface area contributed by atoms with Gasteiger partial charge < -0.3 is 15.8 Å². The Labute approximate surface area is 114 Å². The Morgan fingerprint density at radius 1 is 1.39 bits per heavy atom. The van der Waals surface area contributed by atoms with E-state index in [2.05, 4.69) is 31.2 Å². The lowest BCUT2D eigenvalue weighted by molar-refractivity contribution is 0.412. The zero-order chi connectivity index (χ0) is 13.0. The van der Waals surface area contributed by atoms with Crippen molar-refractivity contribution in [1.29, 1.82) is 0 Å². The van der Waals surface area contributed by atoms with Gasteiger partial charge in [0.2, 0.25) is 0 Å². The third-order valence-corrected chi connectivity index (χ3v) is 2.93. The molecular weight excluding hydrogens is 296 g/mol. The van der Waals surface area contributed by atoms with E-state index < -0.39 is 0 Å². The number of aromatic nitrogens is 2. The van der Waals surface area contributed by atoms with Gasteiger partial charge in [-0.3, -0.25) is 0 Å². The number of hydrogen-bond acceptors (Lipinski definition) is 5. The van der Waals surface area contributed by atoms with Crippen LogP contribution in [0.2, 0.25) is 0 Å². The topological polar surface area (TPSA) is 73.1 Å². The van der Waals surface area contributed by atoms with Crippen LogP contribution in [0.5, 0.6) is 5.75 Å². The number of methoxy groups -OCH3 is 1. The van der Waals surface area contributed by atoms with Crippen molar-refractivity contribution in [2.75, 3.05) is 12.4 Å². The van der Waals surface area contributed by atoms with Gasteiger partial charge in [-0.25, -0.2) is 9.97 Å². The van der Waals surface area contributed by atoms with Gasteiger partial charge in [0.15, 0.2) is 0 Å². The van der Waals surface area contributed by atoms with Crippen LogP contribution in [0, 0.1) is 0 Å². The minimum atomic E-state index is 0.321. The predicted octanol–water partition coefficient (Wildman–Crippen LogP) is 2.45. The van der Waals surface area contributed by atoms with E-state index in [0.717, 1.165) is 15.9 Å². The van der Waals surface area contributed by atoms with E-state index >= 15 is 0 Å². The van der Waals surface area contributed by atoms with Crippen molar-refractivity contribution in [1.82, 2.24) is 9.97 Å². The quantitative estimate of drug-likeness (QED) is 0.907. The summed E-state index contributed by atoms with van der Waals surface area (Å²) in [6.45, 7) is 0.321. The highest BCUT2D eigenvalue weighted by atomic mass is 79.9. The maximum absolute atomic E-state index is 5.50. The van der Waals surface area contributed by atoms with Crippen molar-refractivity contribution in [3.05, 3.63) is 40.8 Å². The molecule has 1 heterocycles. The number of nitrogens with zero attached hydrogens (tertiary/aromatic N) is 2. The summed E-state index contributed by atoms with van der Waals surface area (Å²) in [6.07, 6.45) is 1.68. The second kappa shape index (κ2) is 5.79. The normalized spacial score (nSPS) is 10.2. The number of benzene rings is 1. The van der Waals surface area contributed by atoms with Crippen LogP contribution in [-0.4, -0.2) is 17.1 Å². The second-order valence-electron chi connectivity index (χ2n) is 3.54. The molecule has 18 heavy (non-hydrogen) atoms. The first kappa shape index (κ1) is 12.8. The Bertz CT molecular complexity index is 547. The second-order valence-corrected chi connectivity index (χ2v) is 4.39. The van der Waals surface area contributed by atoms with Crippen LogP contribution in [-0.2, 0) is 6.54 Å². The van der Waals surface area contributed by atoms with Crippen molar-refractivity contribution in [3.63, 3.8) is 0 Å². The van der Waals surface area contributed by atoms with E-state index in [1.807, 2.05) is 18.2 Å². The predicted molar refractivity (Wildman–Crippen MR) is 73.9 cm³/mol. The Kier molecular flexibility index (Phi) is 4.11. The first-order valence-electron chi connectivity index (χ1n) is 5.35. The highest BCUT2D eigenvalue weighted by molar-refractivity contribution is 9.10. The van der Waals surface area contributed by atoms with E-state index in [1.54, 1.807) is 19.4 Å². The van der Waals surface area contributed by atoms with Crippen LogP contribution in [0.1, 0.15) is 5.82 Å². The Morgan fingerprint density at radius 2 is 2.22 bits per heavy atom. The van der Waals surface area contributed by atoms with Crippen molar-refractivity contribution in [2.45, 2.75) is 6.54 Å². The molecule has 0 saturated heterocycles. The van der Waals surface area contributed by atoms with Gasteiger partial charge in [0.05, 0.1) is 18.1 Å². The first-order valence-corrected chi connectivity index (χ1v) is 6.15. The molecule has 2 aromatic rings. The van der Waals surface area contributed by atoms with Gasteiger partial charge in [-0.05, 0) is 40.2 Å². The standard InChI is InChI=1S/C12H13BrN4O/c1-18-10-3-2-8(6-9(10)13)16-11-4-5-15-12(7-14)17-11/h2-6H,7,14H2,1H3,(H,15,16,17). The summed E-state index contributed by atoms with van der Waals surface area (Å²) >= 11 is 3.43. The van der Waals surface area contributed by atoms with Crippen LogP contribution < -0.4 is 15.8 Å². The summed E-state index contributed by atoms with van der Waals surface area (Å²) in [5.41, 5.74) is 6.40. The molecule has 0 atom stereocenters. The minimum absolute atomic E-state index is 0.321. The molecule has 0 aliphatic carbocycles. The largest absolute Gasteiger partial charge is 0.496 e. The monoisotopic (exact) mass is 308 g/mol. The molecule has 0 aliphatic rings. The van der Waals surface area contributed by atoms with Gasteiger partial charge in [-0.1, -0.05) is 0 Å². The maximum Gasteiger partial charge on any atom is 0.144 e. The molecule has 2 rings (SSSR count). The summed E-state index contributed by atoms with van der Waals surface area (Å²) in [5.74, 6) is 2.10. The Morgan fingerprint density at radius 3 is 2.89 bits per heavy atom. The van der Waals surface area contributed by atoms with Gasteiger partial charge in [0.25, 0.3) is 0 Å². The lowest BCUT2D eigenvalue weighted by atomic mass is 10.3. The van der Waals surface area contributed by atoms with Crippen LogP contribution in [0.25, 0.3) is 0 Å². The molecule has 1 aromatic carbocycles. The molecule has 0 fully saturated rings. The molecule has 0 saturated carbocycles. The fourth-order valence-corrected chi connectivity index (χ4v) is 2.00. The molecule has 94 valence electrons. The molecule has 1 aromatic heterocycles. The Hall–Kier alpha value is -1.66. The Balaban J connectivity index is 2.20. The maximum atomic E-state index is 5.50. The molecule has 0 unspecified atom stereocenters. The highest BCUT2D eigenvalue weighted by Crippen LogP contribution is 2.28. The van der Waals surface area contributed by atoms with Crippen molar-refractivity contribution >= 4 is 27.4 Å². The summed E-state index contributed by atoms with van der Waals surface area (Å²) in [7, 11) is 1.63. The third kappa shape index (κ3) is 2.96. The number of ether oxygens (including phenoxy) is 1. The van der Waals surface area contributed by atoms with Crippen LogP contribution in [0.4, 0.5) is 11.5 Å². The average Bonchev–Trinajstić information content (AvgIpc) is 2.39. The van der Waals surface area contributed by atoms with E-state index in [9.17, 15) is 0 Å². The molecular formula is C12H13BrN4O. The zero-order valence-corrected chi connectivity index (χ0v) is 11.4. The average molecular weight is 309 g/mol. The van der Waals surface area contributed by atoms with Gasteiger partial charge >= 0.3 is 0 Å². The number of nitrogens with one attached hydrogen (secondary N) is 1. The van der Waals surface area contributed by atoms with E-state index in [0.29, 0.717) is 18.2 Å². The van der Waals surface area contributed by atoms with E-state index in [-0.39, 0.29) is 0 Å². The fourth-order valence-electron chi connectivity index (χ4n) is 1.46. The molecule has 0 radical (unpaired) electrons. The highest BCUT2D eigenvalue weighted by Gasteiger charge is 2.03. The zero-order valence-electron chi connectivity index (χ0n) is 9.85. The number of hydrogen-bond donors (Lipinski definition) is 2. The molecule has 0 spiro atoms. The van der Waals surface area contributed by atoms with E-state index in [4.69, 9.17) is 10.5 Å². The van der Waals surface area contributed by atoms with Crippen LogP contribution in [0.3, 0.4) is 0 Å². The smallest absolute Gasteiger partial charge is 0.144 e. The lowest BCUT2D eigenvalue weighted by Gasteiger charge is -2.09. The SMILES string of the molecule is COc1ccc(Nc2ccnc(CN)n2)cc1Br. The van der Waals surface area contributed by atoms with Gasteiger partial charge in [-0.15, -0.1) is 0 Å². The molecule has 0 amide bonds. The summed E-state index contributed by atoms with van der Waals surface area (Å²) in [5, 5.41) is 3.18. The van der Waals surface area contributed by atoms with Gasteiger partial charge in [-0.2, -0.15) is 0 Å². The van der Waals surface area contributed by atoms with Gasteiger partial charge in [0.1, 0.15) is 17.4 Å². The van der Waals surface area contributed by atoms with Crippen LogP contribution in [0.15, 0.2) is 34.9 Å². The van der Waals surface area contributed by atoms with Crippen molar-refractivity contribution in [2.24, 2.45) is 5.73 Å². The van der Waals surface area contributed by atoms with Crippen molar-refractivity contribution in [3.8, 4) is 5.75 Å². The lowest BCUT2D eigenvalue weighted by Crippen LogP contribution is -2.04. The summed E-state index contributed by atoms with van der Waals surface area (Å²) < 4.78 is 6.05. The molecule has 6 heteroatoms. The molecule has 0 bridgehead atoms. The number of halogens is 1. The summed E-state index contributed by atoms with van der Waals surface area (Å²) in [6, 6.07) is 7.49. The minimum Gasteiger partial charge on any atom is -0.496 e. The number of nitrogens with two attached hydrogens (primary N) is 1. The third-order valence-electron chi connectivity index (χ3n) is 2.31. The van der Waals surface area contributed by atoms with Crippen molar-refractivity contribution < 1.29 is 4.74 Å². The van der Waals surface area contributed by atoms with E-state index in [1.165, 1.54) is 0 Å². The number of anilines is 2.